The smallest absolute Gasteiger partial charge is 0.264 e. The van der Waals surface area contributed by atoms with Crippen LogP contribution in [0, 0.1) is 6.92 Å². The Morgan fingerprint density at radius 1 is 1.35 bits per heavy atom. The fourth-order valence-electron chi connectivity index (χ4n) is 3.06. The van der Waals surface area contributed by atoms with Gasteiger partial charge in [0, 0.05) is 44.2 Å². The maximum atomic E-state index is 12.4. The molecule has 1 aromatic heterocycles. The molecular weight excluding hydrogens is 312 g/mol. The van der Waals surface area contributed by atoms with Gasteiger partial charge < -0.3 is 14.4 Å². The SMILES string of the molecule is Cc1ccc(C(=O)N2CCN(CCOC[C@@H]3CCCO3)CC2)s1. The molecule has 3 rings (SSSR count). The van der Waals surface area contributed by atoms with E-state index in [4.69, 9.17) is 9.47 Å². The van der Waals surface area contributed by atoms with E-state index in [1.165, 1.54) is 4.88 Å². The highest BCUT2D eigenvalue weighted by molar-refractivity contribution is 7.13. The average Bonchev–Trinajstić information content (AvgIpc) is 3.23. The van der Waals surface area contributed by atoms with Gasteiger partial charge in [-0.05, 0) is 31.9 Å². The zero-order valence-corrected chi connectivity index (χ0v) is 14.6. The van der Waals surface area contributed by atoms with E-state index >= 15 is 0 Å². The summed E-state index contributed by atoms with van der Waals surface area (Å²) in [6, 6.07) is 3.95. The fraction of sp³-hybridized carbons (Fsp3) is 0.706. The number of carbonyl (C=O) groups is 1. The number of nitrogens with zero attached hydrogens (tertiary/aromatic N) is 2. The lowest BCUT2D eigenvalue weighted by Crippen LogP contribution is -2.49. The summed E-state index contributed by atoms with van der Waals surface area (Å²) in [5.74, 6) is 0.178. The highest BCUT2D eigenvalue weighted by Gasteiger charge is 2.23. The number of piperazine rings is 1. The first-order valence-corrected chi connectivity index (χ1v) is 9.31. The van der Waals surface area contributed by atoms with Gasteiger partial charge in [0.1, 0.15) is 0 Å². The molecule has 2 saturated heterocycles. The zero-order chi connectivity index (χ0) is 16.1. The topological polar surface area (TPSA) is 42.0 Å². The van der Waals surface area contributed by atoms with Crippen LogP contribution in [-0.4, -0.2) is 74.4 Å². The van der Waals surface area contributed by atoms with Crippen LogP contribution in [0.15, 0.2) is 12.1 Å². The molecule has 1 amide bonds. The van der Waals surface area contributed by atoms with Crippen molar-refractivity contribution in [3.05, 3.63) is 21.9 Å². The molecule has 0 saturated carbocycles. The molecule has 128 valence electrons. The second-order valence-corrected chi connectivity index (χ2v) is 7.54. The molecule has 0 bridgehead atoms. The number of ether oxygens (including phenoxy) is 2. The molecule has 6 heteroatoms. The molecular formula is C17H26N2O3S. The number of amides is 1. The van der Waals surface area contributed by atoms with Crippen molar-refractivity contribution in [2.45, 2.75) is 25.9 Å². The Balaban J connectivity index is 1.32. The summed E-state index contributed by atoms with van der Waals surface area (Å²) in [4.78, 5) is 18.8. The van der Waals surface area contributed by atoms with Crippen LogP contribution in [0.5, 0.6) is 0 Å². The van der Waals surface area contributed by atoms with Gasteiger partial charge in [0.2, 0.25) is 0 Å². The molecule has 0 N–H and O–H groups in total. The summed E-state index contributed by atoms with van der Waals surface area (Å²) < 4.78 is 11.3. The first-order valence-electron chi connectivity index (χ1n) is 8.50. The van der Waals surface area contributed by atoms with Gasteiger partial charge in [-0.1, -0.05) is 0 Å². The third kappa shape index (κ3) is 4.76. The van der Waals surface area contributed by atoms with Crippen molar-refractivity contribution >= 4 is 17.2 Å². The predicted octanol–water partition coefficient (Wildman–Crippen LogP) is 2.01. The molecule has 0 unspecified atom stereocenters. The number of thiophene rings is 1. The molecule has 3 heterocycles. The Labute approximate surface area is 142 Å². The number of rotatable bonds is 6. The molecule has 1 atom stereocenters. The van der Waals surface area contributed by atoms with Gasteiger partial charge in [0.15, 0.2) is 0 Å². The largest absolute Gasteiger partial charge is 0.377 e. The number of hydrogen-bond donors (Lipinski definition) is 0. The molecule has 2 aliphatic heterocycles. The van der Waals surface area contributed by atoms with Crippen LogP contribution in [0.4, 0.5) is 0 Å². The predicted molar refractivity (Wildman–Crippen MR) is 91.2 cm³/mol. The molecule has 0 radical (unpaired) electrons. The monoisotopic (exact) mass is 338 g/mol. The lowest BCUT2D eigenvalue weighted by molar-refractivity contribution is 0.00659. The van der Waals surface area contributed by atoms with E-state index in [9.17, 15) is 4.79 Å². The van der Waals surface area contributed by atoms with Crippen molar-refractivity contribution in [2.24, 2.45) is 0 Å². The van der Waals surface area contributed by atoms with Gasteiger partial charge in [-0.25, -0.2) is 0 Å². The molecule has 0 spiro atoms. The minimum Gasteiger partial charge on any atom is -0.377 e. The second kappa shape index (κ2) is 8.24. The standard InChI is InChI=1S/C17H26N2O3S/c1-14-4-5-16(23-14)17(20)19-8-6-18(7-9-19)10-12-21-13-15-3-2-11-22-15/h4-5,15H,2-3,6-13H2,1H3/t15-/m0/s1. The second-order valence-electron chi connectivity index (χ2n) is 6.25. The van der Waals surface area contributed by atoms with Crippen molar-refractivity contribution in [2.75, 3.05) is 52.5 Å². The first-order chi connectivity index (χ1) is 11.2. The van der Waals surface area contributed by atoms with Crippen LogP contribution >= 0.6 is 11.3 Å². The van der Waals surface area contributed by atoms with Crippen LogP contribution in [0.3, 0.4) is 0 Å². The normalized spacial score (nSPS) is 22.7. The molecule has 2 aliphatic rings. The summed E-state index contributed by atoms with van der Waals surface area (Å²) in [5.41, 5.74) is 0. The van der Waals surface area contributed by atoms with Gasteiger partial charge in [0.05, 0.1) is 24.2 Å². The van der Waals surface area contributed by atoms with Gasteiger partial charge >= 0.3 is 0 Å². The van der Waals surface area contributed by atoms with E-state index in [0.29, 0.717) is 6.10 Å². The van der Waals surface area contributed by atoms with Crippen molar-refractivity contribution in [1.82, 2.24) is 9.80 Å². The van der Waals surface area contributed by atoms with Crippen LogP contribution in [0.1, 0.15) is 27.4 Å². The minimum absolute atomic E-state index is 0.178. The Morgan fingerprint density at radius 3 is 2.83 bits per heavy atom. The van der Waals surface area contributed by atoms with Crippen LogP contribution in [0.2, 0.25) is 0 Å². The number of carbonyl (C=O) groups excluding carboxylic acids is 1. The van der Waals surface area contributed by atoms with E-state index in [1.807, 2.05) is 24.0 Å². The molecule has 2 fully saturated rings. The lowest BCUT2D eigenvalue weighted by Gasteiger charge is -2.34. The Morgan fingerprint density at radius 2 is 2.17 bits per heavy atom. The quantitative estimate of drug-likeness (QED) is 0.744. The Kier molecular flexibility index (Phi) is 6.05. The van der Waals surface area contributed by atoms with Crippen molar-refractivity contribution in [3.63, 3.8) is 0 Å². The summed E-state index contributed by atoms with van der Waals surface area (Å²) in [6.45, 7) is 8.80. The van der Waals surface area contributed by atoms with Crippen molar-refractivity contribution in [3.8, 4) is 0 Å². The van der Waals surface area contributed by atoms with E-state index in [2.05, 4.69) is 4.90 Å². The number of hydrogen-bond acceptors (Lipinski definition) is 5. The maximum absolute atomic E-state index is 12.4. The van der Waals surface area contributed by atoms with Gasteiger partial charge in [-0.15, -0.1) is 11.3 Å². The van der Waals surface area contributed by atoms with Gasteiger partial charge in [-0.2, -0.15) is 0 Å². The van der Waals surface area contributed by atoms with Crippen LogP contribution < -0.4 is 0 Å². The zero-order valence-electron chi connectivity index (χ0n) is 13.8. The van der Waals surface area contributed by atoms with Crippen LogP contribution in [0.25, 0.3) is 0 Å². The summed E-state index contributed by atoms with van der Waals surface area (Å²) in [5, 5.41) is 0. The first kappa shape index (κ1) is 16.9. The summed E-state index contributed by atoms with van der Waals surface area (Å²) in [6.07, 6.45) is 2.59. The molecule has 23 heavy (non-hydrogen) atoms. The van der Waals surface area contributed by atoms with Crippen molar-refractivity contribution < 1.29 is 14.3 Å². The highest BCUT2D eigenvalue weighted by Crippen LogP contribution is 2.18. The maximum Gasteiger partial charge on any atom is 0.264 e. The van der Waals surface area contributed by atoms with E-state index in [-0.39, 0.29) is 5.91 Å². The Hall–Kier alpha value is -0.950. The molecule has 0 aliphatic carbocycles. The number of aryl methyl sites for hydroxylation is 1. The Bertz CT molecular complexity index is 506. The van der Waals surface area contributed by atoms with Gasteiger partial charge in [-0.3, -0.25) is 9.69 Å². The highest BCUT2D eigenvalue weighted by atomic mass is 32.1. The van der Waals surface area contributed by atoms with E-state index < -0.39 is 0 Å². The fourth-order valence-corrected chi connectivity index (χ4v) is 3.90. The molecule has 5 nitrogen and oxygen atoms in total. The minimum atomic E-state index is 0.178. The molecule has 0 aromatic carbocycles. The summed E-state index contributed by atoms with van der Waals surface area (Å²) >= 11 is 1.58. The average molecular weight is 338 g/mol. The van der Waals surface area contributed by atoms with Crippen LogP contribution in [-0.2, 0) is 9.47 Å². The lowest BCUT2D eigenvalue weighted by atomic mass is 10.2. The van der Waals surface area contributed by atoms with E-state index in [1.54, 1.807) is 11.3 Å². The van der Waals surface area contributed by atoms with Crippen molar-refractivity contribution in [1.29, 1.82) is 0 Å². The third-order valence-electron chi connectivity index (χ3n) is 4.49. The molecule has 1 aromatic rings. The van der Waals surface area contributed by atoms with Gasteiger partial charge in [0.25, 0.3) is 5.91 Å². The summed E-state index contributed by atoms with van der Waals surface area (Å²) in [7, 11) is 0. The third-order valence-corrected chi connectivity index (χ3v) is 5.48. The van der Waals surface area contributed by atoms with E-state index in [0.717, 1.165) is 70.3 Å².